The number of carbonyl (C=O) groups is 2. The van der Waals surface area contributed by atoms with Crippen molar-refractivity contribution in [1.29, 1.82) is 10.5 Å². The summed E-state index contributed by atoms with van der Waals surface area (Å²) < 4.78 is 11.0. The molecule has 0 spiro atoms. The number of benzene rings is 1. The molecule has 1 aromatic carbocycles. The first-order chi connectivity index (χ1) is 17.5. The maximum absolute atomic E-state index is 12.8. The molecular weight excluding hydrogens is 474 g/mol. The average molecular weight is 500 g/mol. The molecule has 0 atom stereocenters. The van der Waals surface area contributed by atoms with Gasteiger partial charge < -0.3 is 14.5 Å². The van der Waals surface area contributed by atoms with E-state index < -0.39 is 5.91 Å². The summed E-state index contributed by atoms with van der Waals surface area (Å²) in [6.45, 7) is 2.42. The largest absolute Gasteiger partial charge is 0.462 e. The van der Waals surface area contributed by atoms with Crippen LogP contribution in [-0.4, -0.2) is 18.5 Å². The van der Waals surface area contributed by atoms with Gasteiger partial charge in [-0.3, -0.25) is 4.79 Å². The first kappa shape index (κ1) is 25.0. The molecule has 36 heavy (non-hydrogen) atoms. The highest BCUT2D eigenvalue weighted by Crippen LogP contribution is 2.37. The van der Waals surface area contributed by atoms with Crippen molar-refractivity contribution in [3.63, 3.8) is 0 Å². The highest BCUT2D eigenvalue weighted by atomic mass is 32.1. The Morgan fingerprint density at radius 3 is 2.64 bits per heavy atom. The van der Waals surface area contributed by atoms with E-state index in [1.165, 1.54) is 17.4 Å². The predicted molar refractivity (Wildman–Crippen MR) is 137 cm³/mol. The van der Waals surface area contributed by atoms with E-state index in [4.69, 9.17) is 9.15 Å². The fourth-order valence-corrected chi connectivity index (χ4v) is 5.22. The van der Waals surface area contributed by atoms with E-state index in [9.17, 15) is 20.1 Å². The van der Waals surface area contributed by atoms with Crippen molar-refractivity contribution in [2.75, 3.05) is 11.9 Å². The minimum atomic E-state index is -0.587. The van der Waals surface area contributed by atoms with Gasteiger partial charge in [0, 0.05) is 16.5 Å². The molecule has 0 unspecified atom stereocenters. The molecule has 0 bridgehead atoms. The van der Waals surface area contributed by atoms with Gasteiger partial charge in [-0.25, -0.2) is 4.79 Å². The summed E-state index contributed by atoms with van der Waals surface area (Å²) >= 11 is 1.41. The van der Waals surface area contributed by atoms with Crippen LogP contribution in [0.25, 0.3) is 17.4 Å². The number of unbranched alkanes of at least 4 members (excludes halogenated alkanes) is 1. The van der Waals surface area contributed by atoms with Crippen molar-refractivity contribution in [2.24, 2.45) is 0 Å². The molecule has 4 rings (SSSR count). The highest BCUT2D eigenvalue weighted by molar-refractivity contribution is 7.16. The minimum Gasteiger partial charge on any atom is -0.462 e. The highest BCUT2D eigenvalue weighted by Gasteiger charge is 2.23. The molecule has 3 aromatic rings. The summed E-state index contributed by atoms with van der Waals surface area (Å²) in [7, 11) is 0. The Morgan fingerprint density at radius 1 is 1.14 bits per heavy atom. The lowest BCUT2D eigenvalue weighted by molar-refractivity contribution is -0.112. The van der Waals surface area contributed by atoms with Crippen molar-refractivity contribution < 1.29 is 18.7 Å². The molecule has 0 aliphatic heterocycles. The van der Waals surface area contributed by atoms with Crippen molar-refractivity contribution in [3.8, 4) is 23.5 Å². The molecule has 1 aliphatic carbocycles. The third-order valence-electron chi connectivity index (χ3n) is 5.92. The number of ether oxygens (including phenoxy) is 1. The lowest BCUT2D eigenvalue weighted by atomic mass is 9.96. The number of fused-ring (bicyclic) bond motifs is 1. The monoisotopic (exact) mass is 499 g/mol. The number of hydrogen-bond acceptors (Lipinski definition) is 7. The molecule has 1 aliphatic rings. The first-order valence-corrected chi connectivity index (χ1v) is 12.7. The van der Waals surface area contributed by atoms with Gasteiger partial charge in [-0.2, -0.15) is 10.5 Å². The number of nitrogens with zero attached hydrogens (tertiary/aromatic N) is 2. The zero-order valence-electron chi connectivity index (χ0n) is 19.9. The average Bonchev–Trinajstić information content (AvgIpc) is 3.51. The van der Waals surface area contributed by atoms with Crippen LogP contribution in [0, 0.1) is 22.7 Å². The number of anilines is 1. The SMILES string of the molecule is CCCCOC(=O)c1ccc(-c2ccc(/C=C(\C#N)C(=O)Nc3sc4c(c3C#N)CCCC4)o2)cc1. The number of furan rings is 1. The zero-order chi connectivity index (χ0) is 25.5. The van der Waals surface area contributed by atoms with E-state index in [2.05, 4.69) is 11.4 Å². The van der Waals surface area contributed by atoms with Crippen LogP contribution in [0.2, 0.25) is 0 Å². The van der Waals surface area contributed by atoms with Crippen LogP contribution in [0.5, 0.6) is 0 Å². The Balaban J connectivity index is 1.46. The molecule has 0 saturated heterocycles. The Hall–Kier alpha value is -4.14. The summed E-state index contributed by atoms with van der Waals surface area (Å²) in [6.07, 6.45) is 6.99. The second kappa shape index (κ2) is 11.5. The summed E-state index contributed by atoms with van der Waals surface area (Å²) in [5.41, 5.74) is 2.58. The van der Waals surface area contributed by atoms with E-state index in [0.717, 1.165) is 54.5 Å². The number of carbonyl (C=O) groups excluding carboxylic acids is 2. The maximum atomic E-state index is 12.8. The van der Waals surface area contributed by atoms with Crippen LogP contribution < -0.4 is 5.32 Å². The van der Waals surface area contributed by atoms with E-state index in [0.29, 0.717) is 34.3 Å². The molecule has 1 N–H and O–H groups in total. The van der Waals surface area contributed by atoms with Gasteiger partial charge in [0.1, 0.15) is 34.2 Å². The third-order valence-corrected chi connectivity index (χ3v) is 7.13. The number of esters is 1. The van der Waals surface area contributed by atoms with Crippen LogP contribution in [0.15, 0.2) is 46.4 Å². The normalized spacial score (nSPS) is 12.8. The summed E-state index contributed by atoms with van der Waals surface area (Å²) in [5.74, 6) is -0.0846. The first-order valence-electron chi connectivity index (χ1n) is 11.9. The topological polar surface area (TPSA) is 116 Å². The number of rotatable bonds is 8. The van der Waals surface area contributed by atoms with Crippen molar-refractivity contribution >= 4 is 34.3 Å². The molecule has 1 amide bonds. The van der Waals surface area contributed by atoms with Crippen LogP contribution in [0.3, 0.4) is 0 Å². The number of nitrogens with one attached hydrogen (secondary N) is 1. The second-order valence-corrected chi connectivity index (χ2v) is 9.52. The van der Waals surface area contributed by atoms with E-state index >= 15 is 0 Å². The molecule has 2 aromatic heterocycles. The van der Waals surface area contributed by atoms with Crippen molar-refractivity contribution in [1.82, 2.24) is 0 Å². The summed E-state index contributed by atoms with van der Waals surface area (Å²) in [6, 6.07) is 14.4. The van der Waals surface area contributed by atoms with Gasteiger partial charge in [-0.1, -0.05) is 25.5 Å². The van der Waals surface area contributed by atoms with Crippen molar-refractivity contribution in [2.45, 2.75) is 45.4 Å². The van der Waals surface area contributed by atoms with Gasteiger partial charge in [0.05, 0.1) is 17.7 Å². The van der Waals surface area contributed by atoms with Crippen LogP contribution in [0.1, 0.15) is 64.7 Å². The van der Waals surface area contributed by atoms with Gasteiger partial charge in [0.2, 0.25) is 0 Å². The van der Waals surface area contributed by atoms with Gasteiger partial charge in [-0.15, -0.1) is 11.3 Å². The second-order valence-electron chi connectivity index (χ2n) is 8.42. The van der Waals surface area contributed by atoms with Gasteiger partial charge in [-0.05, 0) is 61.9 Å². The molecule has 2 heterocycles. The predicted octanol–water partition coefficient (Wildman–Crippen LogP) is 6.26. The van der Waals surface area contributed by atoms with E-state index in [1.54, 1.807) is 36.4 Å². The Bertz CT molecular complexity index is 1380. The molecule has 0 saturated carbocycles. The van der Waals surface area contributed by atoms with Crippen LogP contribution in [0.4, 0.5) is 5.00 Å². The Kier molecular flexibility index (Phi) is 7.99. The Labute approximate surface area is 213 Å². The maximum Gasteiger partial charge on any atom is 0.338 e. The number of thiophene rings is 1. The van der Waals surface area contributed by atoms with E-state index in [1.807, 2.05) is 13.0 Å². The van der Waals surface area contributed by atoms with E-state index in [-0.39, 0.29) is 11.5 Å². The summed E-state index contributed by atoms with van der Waals surface area (Å²) in [5, 5.41) is 22.4. The van der Waals surface area contributed by atoms with Crippen LogP contribution in [-0.2, 0) is 22.4 Å². The molecule has 7 nitrogen and oxygen atoms in total. The number of nitriles is 2. The van der Waals surface area contributed by atoms with Gasteiger partial charge in [0.25, 0.3) is 5.91 Å². The fourth-order valence-electron chi connectivity index (χ4n) is 3.98. The zero-order valence-corrected chi connectivity index (χ0v) is 20.7. The van der Waals surface area contributed by atoms with Crippen molar-refractivity contribution in [3.05, 3.63) is 69.3 Å². The van der Waals surface area contributed by atoms with Crippen LogP contribution >= 0.6 is 11.3 Å². The molecule has 8 heteroatoms. The molecule has 0 radical (unpaired) electrons. The quantitative estimate of drug-likeness (QED) is 0.169. The Morgan fingerprint density at radius 2 is 1.92 bits per heavy atom. The van der Waals surface area contributed by atoms with Gasteiger partial charge in [0.15, 0.2) is 0 Å². The number of amides is 1. The van der Waals surface area contributed by atoms with Gasteiger partial charge >= 0.3 is 5.97 Å². The lowest BCUT2D eigenvalue weighted by Gasteiger charge is -2.09. The summed E-state index contributed by atoms with van der Waals surface area (Å²) in [4.78, 5) is 26.0. The number of hydrogen-bond donors (Lipinski definition) is 1. The third kappa shape index (κ3) is 5.56. The lowest BCUT2D eigenvalue weighted by Crippen LogP contribution is -2.13. The number of aryl methyl sites for hydroxylation is 1. The molecule has 0 fully saturated rings. The molecule has 182 valence electrons. The minimum absolute atomic E-state index is 0.128. The fraction of sp³-hybridized carbons (Fsp3) is 0.286. The standard InChI is InChI=1S/C28H25N3O4S/c1-2-3-14-34-28(33)19-10-8-18(9-11-19)24-13-12-21(35-24)15-20(16-29)26(32)31-27-23(17-30)22-6-4-5-7-25(22)36-27/h8-13,15H,2-7,14H2,1H3,(H,31,32)/b20-15+. The molecular formula is C28H25N3O4S. The smallest absolute Gasteiger partial charge is 0.338 e.